The van der Waals surface area contributed by atoms with Crippen LogP contribution in [0.5, 0.6) is 0 Å². The molecule has 0 saturated heterocycles. The Kier molecular flexibility index (Phi) is 4.77. The molecular weight excluding hydrogens is 338 g/mol. The molecule has 0 bridgehead atoms. The van der Waals surface area contributed by atoms with Crippen LogP contribution in [0.3, 0.4) is 0 Å². The highest BCUT2D eigenvalue weighted by molar-refractivity contribution is 6.30. The molecule has 2 fully saturated rings. The number of carbonyl (C=O) groups excluding carboxylic acids is 1. The third-order valence-corrected chi connectivity index (χ3v) is 4.80. The number of benzene rings is 1. The molecule has 0 radical (unpaired) electrons. The van der Waals surface area contributed by atoms with Gasteiger partial charge in [0, 0.05) is 24.2 Å². The highest BCUT2D eigenvalue weighted by Crippen LogP contribution is 2.31. The summed E-state index contributed by atoms with van der Waals surface area (Å²) in [7, 11) is 0. The lowest BCUT2D eigenvalue weighted by Gasteiger charge is -2.20. The van der Waals surface area contributed by atoms with E-state index in [2.05, 4.69) is 21.3 Å². The number of hydrogen-bond acceptors (Lipinski definition) is 4. The smallest absolute Gasteiger partial charge is 0.273 e. The number of aromatic nitrogens is 1. The van der Waals surface area contributed by atoms with Crippen molar-refractivity contribution in [1.29, 1.82) is 0 Å². The highest BCUT2D eigenvalue weighted by Gasteiger charge is 2.27. The molecule has 0 unspecified atom stereocenters. The zero-order valence-corrected chi connectivity index (χ0v) is 14.8. The van der Waals surface area contributed by atoms with E-state index in [1.165, 1.54) is 24.7 Å². The summed E-state index contributed by atoms with van der Waals surface area (Å²) < 4.78 is 5.54. The minimum absolute atomic E-state index is 0.138. The summed E-state index contributed by atoms with van der Waals surface area (Å²) in [4.78, 5) is 18.7. The summed E-state index contributed by atoms with van der Waals surface area (Å²) >= 11 is 6.10. The number of halogens is 1. The van der Waals surface area contributed by atoms with Gasteiger partial charge in [0.15, 0.2) is 5.69 Å². The number of rotatable bonds is 8. The van der Waals surface area contributed by atoms with E-state index in [9.17, 15) is 4.79 Å². The Labute approximate surface area is 152 Å². The normalized spacial score (nSPS) is 17.0. The quantitative estimate of drug-likeness (QED) is 0.781. The van der Waals surface area contributed by atoms with Gasteiger partial charge in [-0.1, -0.05) is 23.7 Å². The second-order valence-electron chi connectivity index (χ2n) is 7.12. The molecule has 6 heteroatoms. The minimum Gasteiger partial charge on any atom is -0.447 e. The van der Waals surface area contributed by atoms with Crippen LogP contribution in [0.25, 0.3) is 0 Å². The lowest BCUT2D eigenvalue weighted by Crippen LogP contribution is -2.27. The maximum Gasteiger partial charge on any atom is 0.273 e. The molecule has 2 saturated carbocycles. The van der Waals surface area contributed by atoms with Gasteiger partial charge in [-0.15, -0.1) is 0 Å². The van der Waals surface area contributed by atoms with Crippen molar-refractivity contribution in [2.24, 2.45) is 5.92 Å². The molecule has 0 atom stereocenters. The molecule has 25 heavy (non-hydrogen) atoms. The molecule has 5 nitrogen and oxygen atoms in total. The predicted octanol–water partition coefficient (Wildman–Crippen LogP) is 3.63. The molecule has 1 aromatic heterocycles. The number of nitrogens with zero attached hydrogens (tertiary/aromatic N) is 2. The number of oxazole rings is 1. The van der Waals surface area contributed by atoms with Crippen molar-refractivity contribution in [3.8, 4) is 0 Å². The molecule has 0 spiro atoms. The predicted molar refractivity (Wildman–Crippen MR) is 95.3 cm³/mol. The third-order valence-electron chi connectivity index (χ3n) is 4.56. The fourth-order valence-corrected chi connectivity index (χ4v) is 3.12. The summed E-state index contributed by atoms with van der Waals surface area (Å²) in [6.45, 7) is 2.40. The molecule has 1 heterocycles. The molecule has 1 amide bonds. The van der Waals surface area contributed by atoms with Crippen LogP contribution in [0.1, 0.15) is 47.6 Å². The second-order valence-corrected chi connectivity index (χ2v) is 7.55. The average molecular weight is 360 g/mol. The number of nitrogens with one attached hydrogen (secondary N) is 1. The van der Waals surface area contributed by atoms with Crippen molar-refractivity contribution in [1.82, 2.24) is 15.2 Å². The van der Waals surface area contributed by atoms with Gasteiger partial charge in [0.2, 0.25) is 5.89 Å². The van der Waals surface area contributed by atoms with Crippen LogP contribution >= 0.6 is 11.6 Å². The van der Waals surface area contributed by atoms with E-state index in [0.717, 1.165) is 36.9 Å². The molecule has 1 N–H and O–H groups in total. The summed E-state index contributed by atoms with van der Waals surface area (Å²) in [5, 5.41) is 3.68. The van der Waals surface area contributed by atoms with E-state index in [1.54, 1.807) is 0 Å². The number of hydrogen-bond donors (Lipinski definition) is 1. The van der Waals surface area contributed by atoms with Gasteiger partial charge in [-0.05, 0) is 49.3 Å². The molecule has 2 aliphatic carbocycles. The van der Waals surface area contributed by atoms with E-state index in [-0.39, 0.29) is 5.91 Å². The van der Waals surface area contributed by atoms with Crippen molar-refractivity contribution in [3.63, 3.8) is 0 Å². The Hall–Kier alpha value is -1.85. The fourth-order valence-electron chi connectivity index (χ4n) is 2.91. The molecule has 4 rings (SSSR count). The Morgan fingerprint density at radius 1 is 1.28 bits per heavy atom. The van der Waals surface area contributed by atoms with E-state index < -0.39 is 0 Å². The Bertz CT molecular complexity index is 753. The first-order valence-corrected chi connectivity index (χ1v) is 9.25. The summed E-state index contributed by atoms with van der Waals surface area (Å²) in [5.41, 5.74) is 1.54. The molecule has 0 aliphatic heterocycles. The van der Waals surface area contributed by atoms with E-state index in [4.69, 9.17) is 16.0 Å². The van der Waals surface area contributed by atoms with Crippen molar-refractivity contribution in [2.75, 3.05) is 6.54 Å². The molecule has 2 aromatic rings. The summed E-state index contributed by atoms with van der Waals surface area (Å²) in [6.07, 6.45) is 6.15. The Balaban J connectivity index is 1.41. The summed E-state index contributed by atoms with van der Waals surface area (Å²) in [5.74, 6) is 1.21. The number of carbonyl (C=O) groups is 1. The second kappa shape index (κ2) is 7.18. The zero-order chi connectivity index (χ0) is 17.2. The van der Waals surface area contributed by atoms with Crippen molar-refractivity contribution in [2.45, 2.75) is 44.8 Å². The monoisotopic (exact) mass is 359 g/mol. The maximum absolute atomic E-state index is 12.0. The van der Waals surface area contributed by atoms with Crippen LogP contribution in [0.2, 0.25) is 5.02 Å². The van der Waals surface area contributed by atoms with Crippen molar-refractivity contribution < 1.29 is 9.21 Å². The van der Waals surface area contributed by atoms with E-state index >= 15 is 0 Å². The van der Waals surface area contributed by atoms with Crippen LogP contribution < -0.4 is 5.32 Å². The van der Waals surface area contributed by atoms with Gasteiger partial charge in [-0.3, -0.25) is 9.69 Å². The zero-order valence-electron chi connectivity index (χ0n) is 14.1. The molecular formula is C19H22ClN3O2. The van der Waals surface area contributed by atoms with Crippen LogP contribution in [0.4, 0.5) is 0 Å². The lowest BCUT2D eigenvalue weighted by atomic mass is 10.2. The van der Waals surface area contributed by atoms with Gasteiger partial charge in [0.05, 0.1) is 6.54 Å². The van der Waals surface area contributed by atoms with Crippen LogP contribution in [-0.2, 0) is 13.1 Å². The summed E-state index contributed by atoms with van der Waals surface area (Å²) in [6, 6.07) is 8.25. The molecule has 132 valence electrons. The van der Waals surface area contributed by atoms with Gasteiger partial charge >= 0.3 is 0 Å². The molecule has 2 aliphatic rings. The topological polar surface area (TPSA) is 58.4 Å². The van der Waals surface area contributed by atoms with Crippen LogP contribution in [0.15, 0.2) is 34.9 Å². The maximum atomic E-state index is 12.0. The van der Waals surface area contributed by atoms with Crippen molar-refractivity contribution >= 4 is 17.5 Å². The Morgan fingerprint density at radius 2 is 2.12 bits per heavy atom. The SMILES string of the molecule is O=C(NC1CC1)c1coc(CN(Cc2cccc(Cl)c2)CC2CC2)n1. The van der Waals surface area contributed by atoms with Crippen LogP contribution in [0, 0.1) is 5.92 Å². The largest absolute Gasteiger partial charge is 0.447 e. The average Bonchev–Trinajstić information content (AvgIpc) is 3.49. The van der Waals surface area contributed by atoms with E-state index in [1.807, 2.05) is 18.2 Å². The fraction of sp³-hybridized carbons (Fsp3) is 0.474. The standard InChI is InChI=1S/C19H22ClN3O2/c20-15-3-1-2-14(8-15)10-23(9-13-4-5-13)11-18-22-17(12-25-18)19(24)21-16-6-7-16/h1-3,8,12-13,16H,4-7,9-11H2,(H,21,24). The van der Waals surface area contributed by atoms with E-state index in [0.29, 0.717) is 24.2 Å². The Morgan fingerprint density at radius 3 is 2.84 bits per heavy atom. The highest BCUT2D eigenvalue weighted by atomic mass is 35.5. The first kappa shape index (κ1) is 16.6. The molecule has 1 aromatic carbocycles. The lowest BCUT2D eigenvalue weighted by molar-refractivity contribution is 0.0946. The first-order chi connectivity index (χ1) is 12.2. The van der Waals surface area contributed by atoms with Gasteiger partial charge < -0.3 is 9.73 Å². The number of amides is 1. The van der Waals surface area contributed by atoms with Gasteiger partial charge in [-0.25, -0.2) is 4.98 Å². The minimum atomic E-state index is -0.138. The van der Waals surface area contributed by atoms with Crippen molar-refractivity contribution in [3.05, 3.63) is 52.7 Å². The van der Waals surface area contributed by atoms with Gasteiger partial charge in [0.25, 0.3) is 5.91 Å². The van der Waals surface area contributed by atoms with Crippen LogP contribution in [-0.4, -0.2) is 28.4 Å². The van der Waals surface area contributed by atoms with Gasteiger partial charge in [0.1, 0.15) is 6.26 Å². The van der Waals surface area contributed by atoms with Gasteiger partial charge in [-0.2, -0.15) is 0 Å². The first-order valence-electron chi connectivity index (χ1n) is 8.88. The third kappa shape index (κ3) is 4.83.